The minimum atomic E-state index is -0.360. The number of amides is 1. The molecule has 0 spiro atoms. The van der Waals surface area contributed by atoms with Gasteiger partial charge in [-0.25, -0.2) is 4.98 Å². The quantitative estimate of drug-likeness (QED) is 0.236. The fourth-order valence-corrected chi connectivity index (χ4v) is 4.41. The zero-order chi connectivity index (χ0) is 25.0. The number of aliphatic hydroxyl groups excluding tert-OH is 1. The van der Waals surface area contributed by atoms with Gasteiger partial charge in [0.05, 0.1) is 12.9 Å². The van der Waals surface area contributed by atoms with Crippen LogP contribution in [-0.2, 0) is 11.3 Å². The summed E-state index contributed by atoms with van der Waals surface area (Å²) < 4.78 is 1.80. The monoisotopic (exact) mass is 492 g/mol. The highest BCUT2D eigenvalue weighted by molar-refractivity contribution is 5.75. The number of aryl methyl sites for hydroxylation is 1. The van der Waals surface area contributed by atoms with Gasteiger partial charge in [0.2, 0.25) is 11.9 Å². The number of nitrogens with zero attached hydrogens (tertiary/aromatic N) is 5. The Balaban J connectivity index is 1.61. The highest BCUT2D eigenvalue weighted by Crippen LogP contribution is 2.12. The van der Waals surface area contributed by atoms with Crippen LogP contribution in [0.3, 0.4) is 0 Å². The fraction of sp³-hybridized carbons (Fsp3) is 0.727. The molecule has 2 aromatic rings. The molecular formula is C22H40N10O3. The number of anilines is 1. The number of primary amides is 1. The summed E-state index contributed by atoms with van der Waals surface area (Å²) in [6.45, 7) is 8.50. The zero-order valence-electron chi connectivity index (χ0n) is 20.4. The van der Waals surface area contributed by atoms with Crippen molar-refractivity contribution in [3.8, 4) is 0 Å². The molecule has 3 heterocycles. The van der Waals surface area contributed by atoms with Gasteiger partial charge in [-0.2, -0.15) is 4.98 Å². The van der Waals surface area contributed by atoms with E-state index in [-0.39, 0.29) is 42.0 Å². The molecule has 0 radical (unpaired) electrons. The summed E-state index contributed by atoms with van der Waals surface area (Å²) in [5.74, 6) is -0.227. The third-order valence-electron chi connectivity index (χ3n) is 6.29. The van der Waals surface area contributed by atoms with Crippen LogP contribution in [0.2, 0.25) is 0 Å². The fourth-order valence-electron chi connectivity index (χ4n) is 4.41. The van der Waals surface area contributed by atoms with Gasteiger partial charge in [0, 0.05) is 45.9 Å². The average Bonchev–Trinajstić information content (AvgIpc) is 3.22. The van der Waals surface area contributed by atoms with E-state index < -0.39 is 0 Å². The molecule has 2 aromatic heterocycles. The number of fused-ring (bicyclic) bond motifs is 1. The Kier molecular flexibility index (Phi) is 10.9. The smallest absolute Gasteiger partial charge is 0.280 e. The Morgan fingerprint density at radius 2 is 1.77 bits per heavy atom. The predicted octanol–water partition coefficient (Wildman–Crippen LogP) is -2.24. The number of aromatic amines is 1. The molecule has 0 saturated carbocycles. The van der Waals surface area contributed by atoms with Crippen LogP contribution in [0.1, 0.15) is 19.3 Å². The molecule has 35 heavy (non-hydrogen) atoms. The molecule has 196 valence electrons. The maximum absolute atomic E-state index is 12.0. The summed E-state index contributed by atoms with van der Waals surface area (Å²) in [7, 11) is 0. The number of carbonyl (C=O) groups is 1. The summed E-state index contributed by atoms with van der Waals surface area (Å²) in [6.07, 6.45) is 4.23. The first kappa shape index (κ1) is 27.0. The van der Waals surface area contributed by atoms with Crippen molar-refractivity contribution >= 4 is 23.0 Å². The van der Waals surface area contributed by atoms with Crippen LogP contribution in [0.25, 0.3) is 11.2 Å². The summed E-state index contributed by atoms with van der Waals surface area (Å²) in [6, 6.07) is 0. The van der Waals surface area contributed by atoms with Gasteiger partial charge >= 0.3 is 0 Å². The van der Waals surface area contributed by atoms with Crippen molar-refractivity contribution in [2.45, 2.75) is 25.8 Å². The van der Waals surface area contributed by atoms with Crippen LogP contribution in [0.15, 0.2) is 11.1 Å². The first-order valence-electron chi connectivity index (χ1n) is 12.4. The van der Waals surface area contributed by atoms with Crippen LogP contribution in [0.4, 0.5) is 5.95 Å². The van der Waals surface area contributed by atoms with E-state index in [1.54, 1.807) is 10.9 Å². The molecule has 1 unspecified atom stereocenters. The van der Waals surface area contributed by atoms with Crippen molar-refractivity contribution in [2.24, 2.45) is 11.7 Å². The molecule has 1 amide bonds. The van der Waals surface area contributed by atoms with E-state index in [4.69, 9.17) is 11.5 Å². The molecule has 0 aliphatic carbocycles. The highest BCUT2D eigenvalue weighted by atomic mass is 16.3. The van der Waals surface area contributed by atoms with Crippen LogP contribution in [0.5, 0.6) is 0 Å². The molecule has 1 fully saturated rings. The Hall–Kier alpha value is -2.58. The molecule has 0 bridgehead atoms. The van der Waals surface area contributed by atoms with E-state index >= 15 is 0 Å². The normalized spacial score (nSPS) is 18.9. The molecule has 1 aliphatic heterocycles. The Morgan fingerprint density at radius 1 is 1.09 bits per heavy atom. The molecule has 1 saturated heterocycles. The van der Waals surface area contributed by atoms with Gasteiger partial charge in [0.25, 0.3) is 5.56 Å². The summed E-state index contributed by atoms with van der Waals surface area (Å²) in [5, 5.41) is 17.0. The van der Waals surface area contributed by atoms with E-state index in [2.05, 4.69) is 35.4 Å². The summed E-state index contributed by atoms with van der Waals surface area (Å²) >= 11 is 0. The SMILES string of the molecule is NC(=O)CN1CCCNCCNCCCN(CC(CO)CCn2cnc3c(=O)[nH]c(N)nc32)CC1. The molecular weight excluding hydrogens is 452 g/mol. The number of nitrogens with two attached hydrogens (primary N) is 2. The molecule has 13 nitrogen and oxygen atoms in total. The van der Waals surface area contributed by atoms with E-state index in [1.807, 2.05) is 0 Å². The van der Waals surface area contributed by atoms with Crippen molar-refractivity contribution in [1.82, 2.24) is 40.0 Å². The lowest BCUT2D eigenvalue weighted by atomic mass is 10.1. The molecule has 1 aliphatic rings. The largest absolute Gasteiger partial charge is 0.396 e. The van der Waals surface area contributed by atoms with E-state index in [0.29, 0.717) is 18.6 Å². The Bertz CT molecular complexity index is 978. The van der Waals surface area contributed by atoms with Crippen molar-refractivity contribution in [3.63, 3.8) is 0 Å². The van der Waals surface area contributed by atoms with Gasteiger partial charge in [-0.1, -0.05) is 0 Å². The van der Waals surface area contributed by atoms with Gasteiger partial charge in [-0.3, -0.25) is 19.5 Å². The number of nitrogen functional groups attached to an aromatic ring is 1. The minimum Gasteiger partial charge on any atom is -0.396 e. The molecule has 8 N–H and O–H groups in total. The number of hydrogen-bond acceptors (Lipinski definition) is 10. The lowest BCUT2D eigenvalue weighted by molar-refractivity contribution is -0.119. The maximum atomic E-state index is 12.0. The van der Waals surface area contributed by atoms with Crippen molar-refractivity contribution in [2.75, 3.05) is 77.8 Å². The van der Waals surface area contributed by atoms with Crippen LogP contribution >= 0.6 is 0 Å². The predicted molar refractivity (Wildman–Crippen MR) is 135 cm³/mol. The molecule has 1 atom stereocenters. The second-order valence-electron chi connectivity index (χ2n) is 9.15. The van der Waals surface area contributed by atoms with Gasteiger partial charge in [-0.15, -0.1) is 0 Å². The molecule has 3 rings (SSSR count). The standard InChI is InChI=1S/C22H40N10O3/c23-18(34)14-31-9-2-5-26-7-6-25-4-1-8-30(11-12-31)13-17(15-33)3-10-32-16-27-19-20(32)28-22(24)29-21(19)35/h16-17,25-26,33H,1-15H2,(H2,23,34)(H3,24,28,29,35). The Morgan fingerprint density at radius 3 is 2.46 bits per heavy atom. The number of aromatic nitrogens is 4. The average molecular weight is 493 g/mol. The number of hydrogen-bond donors (Lipinski definition) is 6. The van der Waals surface area contributed by atoms with Crippen LogP contribution in [0, 0.1) is 5.92 Å². The number of imidazole rings is 1. The lowest BCUT2D eigenvalue weighted by Gasteiger charge is -2.30. The highest BCUT2D eigenvalue weighted by Gasteiger charge is 2.17. The van der Waals surface area contributed by atoms with Crippen molar-refractivity contribution < 1.29 is 9.90 Å². The third-order valence-corrected chi connectivity index (χ3v) is 6.29. The lowest BCUT2D eigenvalue weighted by Crippen LogP contribution is -2.43. The Labute approximate surface area is 205 Å². The maximum Gasteiger partial charge on any atom is 0.280 e. The number of rotatable bonds is 8. The topological polar surface area (TPSA) is 183 Å². The zero-order valence-corrected chi connectivity index (χ0v) is 20.4. The van der Waals surface area contributed by atoms with E-state index in [1.165, 1.54) is 0 Å². The minimum absolute atomic E-state index is 0.0347. The number of H-pyrrole nitrogens is 1. The number of carbonyl (C=O) groups excluding carboxylic acids is 1. The van der Waals surface area contributed by atoms with Gasteiger partial charge in [0.1, 0.15) is 0 Å². The van der Waals surface area contributed by atoms with Crippen molar-refractivity contribution in [3.05, 3.63) is 16.7 Å². The van der Waals surface area contributed by atoms with E-state index in [9.17, 15) is 14.7 Å². The number of nitrogens with one attached hydrogen (secondary N) is 3. The van der Waals surface area contributed by atoms with Crippen LogP contribution in [-0.4, -0.2) is 112 Å². The van der Waals surface area contributed by atoms with Gasteiger partial charge < -0.3 is 36.7 Å². The summed E-state index contributed by atoms with van der Waals surface area (Å²) in [5.41, 5.74) is 11.5. The third kappa shape index (κ3) is 8.85. The second kappa shape index (κ2) is 14.1. The van der Waals surface area contributed by atoms with Gasteiger partial charge in [-0.05, 0) is 51.4 Å². The van der Waals surface area contributed by atoms with E-state index in [0.717, 1.165) is 71.7 Å². The molecule has 0 aromatic carbocycles. The first-order chi connectivity index (χ1) is 17.0. The van der Waals surface area contributed by atoms with Gasteiger partial charge in [0.15, 0.2) is 11.2 Å². The van der Waals surface area contributed by atoms with Crippen LogP contribution < -0.4 is 27.7 Å². The summed E-state index contributed by atoms with van der Waals surface area (Å²) in [4.78, 5) is 38.9. The number of aliphatic hydroxyl groups is 1. The molecule has 13 heteroatoms. The second-order valence-corrected chi connectivity index (χ2v) is 9.15. The first-order valence-corrected chi connectivity index (χ1v) is 12.4. The van der Waals surface area contributed by atoms with Crippen molar-refractivity contribution in [1.29, 1.82) is 0 Å².